The number of aliphatic hydroxyl groups excluding tert-OH is 1. The molecule has 0 fully saturated rings. The lowest BCUT2D eigenvalue weighted by Gasteiger charge is -2.26. The van der Waals surface area contributed by atoms with E-state index >= 15 is 0 Å². The van der Waals surface area contributed by atoms with Gasteiger partial charge in [-0.3, -0.25) is 9.48 Å². The lowest BCUT2D eigenvalue weighted by molar-refractivity contribution is 0.0588. The molecule has 1 heterocycles. The molecule has 0 aliphatic rings. The summed E-state index contributed by atoms with van der Waals surface area (Å²) >= 11 is 0. The average Bonchev–Trinajstić information content (AvgIpc) is 2.85. The van der Waals surface area contributed by atoms with Crippen LogP contribution < -0.4 is 0 Å². The van der Waals surface area contributed by atoms with Gasteiger partial charge in [-0.25, -0.2) is 4.39 Å². The Morgan fingerprint density at radius 1 is 1.29 bits per heavy atom. The van der Waals surface area contributed by atoms with Crippen LogP contribution in [0.15, 0.2) is 30.3 Å². The number of aryl methyl sites for hydroxylation is 2. The summed E-state index contributed by atoms with van der Waals surface area (Å²) in [4.78, 5) is 14.3. The molecule has 5 nitrogen and oxygen atoms in total. The molecule has 2 rings (SSSR count). The van der Waals surface area contributed by atoms with Crippen molar-refractivity contribution in [1.82, 2.24) is 14.7 Å². The van der Waals surface area contributed by atoms with Crippen molar-refractivity contribution in [3.05, 3.63) is 53.1 Å². The van der Waals surface area contributed by atoms with E-state index in [1.807, 2.05) is 20.8 Å². The van der Waals surface area contributed by atoms with E-state index in [2.05, 4.69) is 5.10 Å². The van der Waals surface area contributed by atoms with E-state index in [-0.39, 0.29) is 24.2 Å². The molecule has 1 atom stereocenters. The highest BCUT2D eigenvalue weighted by Crippen LogP contribution is 2.17. The number of hydrogen-bond donors (Lipinski definition) is 1. The zero-order chi connectivity index (χ0) is 17.9. The second-order valence-corrected chi connectivity index (χ2v) is 6.47. The number of hydrogen-bond acceptors (Lipinski definition) is 3. The van der Waals surface area contributed by atoms with E-state index in [0.29, 0.717) is 17.8 Å². The molecule has 0 aliphatic carbocycles. The smallest absolute Gasteiger partial charge is 0.274 e. The zero-order valence-electron chi connectivity index (χ0n) is 14.5. The molecular weight excluding hydrogens is 309 g/mol. The minimum atomic E-state index is -0.877. The number of nitrogens with zero attached hydrogens (tertiary/aromatic N) is 3. The lowest BCUT2D eigenvalue weighted by Crippen LogP contribution is -2.37. The first kappa shape index (κ1) is 18.1. The SMILES string of the molecule is Cc1cc(C(=O)N(CC(C)C)CC(O)c2ccc(F)cc2)nn1C. The number of aromatic nitrogens is 2. The molecule has 0 saturated carbocycles. The Bertz CT molecular complexity index is 675. The van der Waals surface area contributed by atoms with Gasteiger partial charge in [0.1, 0.15) is 5.82 Å². The molecule has 0 radical (unpaired) electrons. The molecule has 0 spiro atoms. The van der Waals surface area contributed by atoms with Crippen LogP contribution in [0.2, 0.25) is 0 Å². The molecule has 130 valence electrons. The maximum atomic E-state index is 13.0. The van der Waals surface area contributed by atoms with Gasteiger partial charge in [0.2, 0.25) is 0 Å². The molecular formula is C18H24FN3O2. The van der Waals surface area contributed by atoms with Crippen LogP contribution in [-0.2, 0) is 7.05 Å². The van der Waals surface area contributed by atoms with Gasteiger partial charge in [0, 0.05) is 19.3 Å². The number of carbonyl (C=O) groups is 1. The predicted octanol–water partition coefficient (Wildman–Crippen LogP) is 2.70. The third-order valence-electron chi connectivity index (χ3n) is 3.85. The normalized spacial score (nSPS) is 12.5. The zero-order valence-corrected chi connectivity index (χ0v) is 14.5. The van der Waals surface area contributed by atoms with Gasteiger partial charge in [0.25, 0.3) is 5.91 Å². The number of halogens is 1. The number of benzene rings is 1. The van der Waals surface area contributed by atoms with E-state index in [9.17, 15) is 14.3 Å². The van der Waals surface area contributed by atoms with Crippen LogP contribution in [0.25, 0.3) is 0 Å². The molecule has 2 aromatic rings. The highest BCUT2D eigenvalue weighted by atomic mass is 19.1. The summed E-state index contributed by atoms with van der Waals surface area (Å²) < 4.78 is 14.7. The van der Waals surface area contributed by atoms with Crippen LogP contribution in [0.4, 0.5) is 4.39 Å². The van der Waals surface area contributed by atoms with Gasteiger partial charge in [-0.15, -0.1) is 0 Å². The number of amides is 1. The van der Waals surface area contributed by atoms with Crippen LogP contribution in [0.3, 0.4) is 0 Å². The fourth-order valence-corrected chi connectivity index (χ4v) is 2.51. The van der Waals surface area contributed by atoms with Gasteiger partial charge in [-0.2, -0.15) is 5.10 Å². The Kier molecular flexibility index (Phi) is 5.72. The Hall–Kier alpha value is -2.21. The van der Waals surface area contributed by atoms with Crippen molar-refractivity contribution in [3.8, 4) is 0 Å². The van der Waals surface area contributed by atoms with Crippen molar-refractivity contribution < 1.29 is 14.3 Å². The molecule has 0 aliphatic heterocycles. The maximum Gasteiger partial charge on any atom is 0.274 e. The van der Waals surface area contributed by atoms with Gasteiger partial charge in [0.05, 0.1) is 12.6 Å². The summed E-state index contributed by atoms with van der Waals surface area (Å²) in [6, 6.07) is 7.40. The van der Waals surface area contributed by atoms with Gasteiger partial charge in [-0.05, 0) is 36.6 Å². The van der Waals surface area contributed by atoms with Crippen molar-refractivity contribution in [1.29, 1.82) is 0 Å². The Labute approximate surface area is 141 Å². The lowest BCUT2D eigenvalue weighted by atomic mass is 10.1. The summed E-state index contributed by atoms with van der Waals surface area (Å²) in [6.07, 6.45) is -0.877. The standard InChI is InChI=1S/C18H24FN3O2/c1-12(2)10-22(18(24)16-9-13(3)21(4)20-16)11-17(23)14-5-7-15(19)8-6-14/h5-9,12,17,23H,10-11H2,1-4H3. The molecule has 0 bridgehead atoms. The minimum Gasteiger partial charge on any atom is -0.387 e. The highest BCUT2D eigenvalue weighted by Gasteiger charge is 2.23. The van der Waals surface area contributed by atoms with E-state index in [1.54, 1.807) is 22.7 Å². The molecule has 1 aromatic carbocycles. The molecule has 1 N–H and O–H groups in total. The Morgan fingerprint density at radius 3 is 2.42 bits per heavy atom. The van der Waals surface area contributed by atoms with Gasteiger partial charge in [-0.1, -0.05) is 26.0 Å². The van der Waals surface area contributed by atoms with E-state index in [0.717, 1.165) is 5.69 Å². The van der Waals surface area contributed by atoms with Gasteiger partial charge >= 0.3 is 0 Å². The quantitative estimate of drug-likeness (QED) is 0.884. The summed E-state index contributed by atoms with van der Waals surface area (Å²) in [6.45, 7) is 6.54. The maximum absolute atomic E-state index is 13.0. The fraction of sp³-hybridized carbons (Fsp3) is 0.444. The topological polar surface area (TPSA) is 58.4 Å². The third-order valence-corrected chi connectivity index (χ3v) is 3.85. The second-order valence-electron chi connectivity index (χ2n) is 6.47. The monoisotopic (exact) mass is 333 g/mol. The molecule has 1 unspecified atom stereocenters. The summed E-state index contributed by atoms with van der Waals surface area (Å²) in [5.41, 5.74) is 1.83. The third kappa shape index (κ3) is 4.41. The van der Waals surface area contributed by atoms with Gasteiger partial charge in [0.15, 0.2) is 5.69 Å². The van der Waals surface area contributed by atoms with Gasteiger partial charge < -0.3 is 10.0 Å². The summed E-state index contributed by atoms with van der Waals surface area (Å²) in [5, 5.41) is 14.6. The number of aliphatic hydroxyl groups is 1. The van der Waals surface area contributed by atoms with Crippen LogP contribution in [0.5, 0.6) is 0 Å². The van der Waals surface area contributed by atoms with Crippen LogP contribution in [0.1, 0.15) is 41.7 Å². The van der Waals surface area contributed by atoms with E-state index < -0.39 is 6.10 Å². The van der Waals surface area contributed by atoms with Crippen LogP contribution >= 0.6 is 0 Å². The largest absolute Gasteiger partial charge is 0.387 e. The molecule has 6 heteroatoms. The Morgan fingerprint density at radius 2 is 1.92 bits per heavy atom. The predicted molar refractivity (Wildman–Crippen MR) is 90.0 cm³/mol. The fourth-order valence-electron chi connectivity index (χ4n) is 2.51. The molecule has 1 amide bonds. The molecule has 24 heavy (non-hydrogen) atoms. The van der Waals surface area contributed by atoms with E-state index in [4.69, 9.17) is 0 Å². The summed E-state index contributed by atoms with van der Waals surface area (Å²) in [5.74, 6) is -0.322. The average molecular weight is 333 g/mol. The second kappa shape index (κ2) is 7.57. The Balaban J connectivity index is 2.18. The first-order valence-electron chi connectivity index (χ1n) is 8.01. The van der Waals surface area contributed by atoms with E-state index in [1.165, 1.54) is 24.3 Å². The number of rotatable bonds is 6. The van der Waals surface area contributed by atoms with Crippen molar-refractivity contribution in [3.63, 3.8) is 0 Å². The minimum absolute atomic E-state index is 0.137. The first-order valence-corrected chi connectivity index (χ1v) is 8.01. The van der Waals surface area contributed by atoms with Crippen molar-refractivity contribution in [2.75, 3.05) is 13.1 Å². The van der Waals surface area contributed by atoms with Crippen LogP contribution in [-0.4, -0.2) is 38.8 Å². The molecule has 0 saturated heterocycles. The highest BCUT2D eigenvalue weighted by molar-refractivity contribution is 5.92. The number of carbonyl (C=O) groups excluding carboxylic acids is 1. The van der Waals surface area contributed by atoms with Crippen molar-refractivity contribution in [2.45, 2.75) is 26.9 Å². The van der Waals surface area contributed by atoms with Crippen LogP contribution in [0, 0.1) is 18.7 Å². The summed E-state index contributed by atoms with van der Waals surface area (Å²) in [7, 11) is 1.78. The van der Waals surface area contributed by atoms with Crippen molar-refractivity contribution in [2.24, 2.45) is 13.0 Å². The first-order chi connectivity index (χ1) is 11.3. The molecule has 1 aromatic heterocycles. The van der Waals surface area contributed by atoms with Crippen molar-refractivity contribution >= 4 is 5.91 Å².